The fourth-order valence-corrected chi connectivity index (χ4v) is 2.30. The summed E-state index contributed by atoms with van der Waals surface area (Å²) < 4.78 is 5.13. The van der Waals surface area contributed by atoms with Gasteiger partial charge in [-0.15, -0.1) is 0 Å². The topological polar surface area (TPSA) is 109 Å². The zero-order valence-corrected chi connectivity index (χ0v) is 12.6. The van der Waals surface area contributed by atoms with Gasteiger partial charge in [0.1, 0.15) is 11.4 Å². The number of aromatic amines is 1. The summed E-state index contributed by atoms with van der Waals surface area (Å²) in [4.78, 5) is 26.0. The number of carboxylic acid groups (broad SMARTS) is 1. The van der Waals surface area contributed by atoms with Gasteiger partial charge in [-0.25, -0.2) is 15.6 Å². The number of hydrogen-bond acceptors (Lipinski definition) is 4. The Morgan fingerprint density at radius 3 is 2.58 bits per heavy atom. The first-order valence-corrected chi connectivity index (χ1v) is 7.16. The fourth-order valence-electron chi connectivity index (χ4n) is 2.30. The first-order valence-electron chi connectivity index (χ1n) is 7.16. The van der Waals surface area contributed by atoms with Crippen LogP contribution in [0.3, 0.4) is 0 Å². The van der Waals surface area contributed by atoms with Crippen molar-refractivity contribution < 1.29 is 19.4 Å². The molecule has 0 fully saturated rings. The number of aliphatic carboxylic acids is 1. The highest BCUT2D eigenvalue weighted by atomic mass is 16.5. The van der Waals surface area contributed by atoms with Crippen LogP contribution in [0.4, 0.5) is 5.69 Å². The number of nitrogens with zero attached hydrogens (tertiary/aromatic N) is 1. The van der Waals surface area contributed by atoms with Crippen LogP contribution < -0.4 is 15.6 Å². The fraction of sp³-hybridized carbons (Fsp3) is 0.0588. The van der Waals surface area contributed by atoms with Crippen LogP contribution in [0.25, 0.3) is 10.9 Å². The van der Waals surface area contributed by atoms with Gasteiger partial charge in [0.05, 0.1) is 5.69 Å². The van der Waals surface area contributed by atoms with Crippen LogP contribution in [0.2, 0.25) is 0 Å². The third kappa shape index (κ3) is 3.21. The van der Waals surface area contributed by atoms with Gasteiger partial charge < -0.3 is 14.8 Å². The molecule has 0 aliphatic rings. The predicted octanol–water partition coefficient (Wildman–Crippen LogP) is 2.15. The molecule has 7 nitrogen and oxygen atoms in total. The second kappa shape index (κ2) is 6.43. The smallest absolute Gasteiger partial charge is 0.341 e. The van der Waals surface area contributed by atoms with Crippen molar-refractivity contribution in [3.05, 3.63) is 60.3 Å². The molecule has 0 atom stereocenters. The third-order valence-corrected chi connectivity index (χ3v) is 3.44. The van der Waals surface area contributed by atoms with Crippen molar-refractivity contribution >= 4 is 28.5 Å². The van der Waals surface area contributed by atoms with Crippen molar-refractivity contribution in [2.24, 2.45) is 5.84 Å². The monoisotopic (exact) mass is 325 g/mol. The summed E-state index contributed by atoms with van der Waals surface area (Å²) in [7, 11) is 0. The number of carbonyl (C=O) groups is 2. The molecule has 0 saturated heterocycles. The molecule has 0 bridgehead atoms. The normalized spacial score (nSPS) is 10.5. The van der Waals surface area contributed by atoms with Gasteiger partial charge in [-0.2, -0.15) is 0 Å². The number of para-hydroxylation sites is 1. The number of anilines is 1. The SMILES string of the molecule is NN(C(=O)c1cc2cc(OCC(=O)O)ccc2[nH]1)c1ccccc1. The van der Waals surface area contributed by atoms with Gasteiger partial charge in [-0.1, -0.05) is 18.2 Å². The Hall–Kier alpha value is -3.32. The number of hydrazine groups is 1. The standard InChI is InChI=1S/C17H15N3O4/c18-20(12-4-2-1-3-5-12)17(23)15-9-11-8-13(24-10-16(21)22)6-7-14(11)19-15/h1-9,19H,10,18H2,(H,21,22). The molecule has 3 aromatic rings. The first-order chi connectivity index (χ1) is 11.5. The Morgan fingerprint density at radius 2 is 1.88 bits per heavy atom. The van der Waals surface area contributed by atoms with Crippen LogP contribution in [0.1, 0.15) is 10.5 Å². The van der Waals surface area contributed by atoms with E-state index < -0.39 is 12.6 Å². The summed E-state index contributed by atoms with van der Waals surface area (Å²) in [6, 6.07) is 15.5. The molecule has 0 spiro atoms. The van der Waals surface area contributed by atoms with E-state index in [2.05, 4.69) is 4.98 Å². The molecule has 7 heteroatoms. The third-order valence-electron chi connectivity index (χ3n) is 3.44. The number of nitrogens with one attached hydrogen (secondary N) is 1. The molecule has 1 amide bonds. The van der Waals surface area contributed by atoms with Gasteiger partial charge in [-0.3, -0.25) is 4.79 Å². The van der Waals surface area contributed by atoms with E-state index in [4.69, 9.17) is 15.7 Å². The van der Waals surface area contributed by atoms with E-state index in [9.17, 15) is 9.59 Å². The molecular formula is C17H15N3O4. The molecule has 0 unspecified atom stereocenters. The molecule has 1 aromatic heterocycles. The van der Waals surface area contributed by atoms with E-state index in [0.717, 1.165) is 15.9 Å². The molecule has 1 heterocycles. The maximum atomic E-state index is 12.5. The highest BCUT2D eigenvalue weighted by molar-refractivity contribution is 6.06. The van der Waals surface area contributed by atoms with Crippen molar-refractivity contribution in [2.75, 3.05) is 11.6 Å². The number of hydrogen-bond donors (Lipinski definition) is 3. The lowest BCUT2D eigenvalue weighted by Gasteiger charge is -2.15. The lowest BCUT2D eigenvalue weighted by Crippen LogP contribution is -2.37. The maximum absolute atomic E-state index is 12.5. The molecule has 0 radical (unpaired) electrons. The number of nitrogens with two attached hydrogens (primary N) is 1. The van der Waals surface area contributed by atoms with Gasteiger partial charge >= 0.3 is 5.97 Å². The molecule has 0 saturated carbocycles. The Labute approximate surface area is 137 Å². The Kier molecular flexibility index (Phi) is 4.17. The second-order valence-electron chi connectivity index (χ2n) is 5.13. The van der Waals surface area contributed by atoms with Crippen molar-refractivity contribution in [3.8, 4) is 5.75 Å². The van der Waals surface area contributed by atoms with E-state index >= 15 is 0 Å². The van der Waals surface area contributed by atoms with Gasteiger partial charge in [-0.05, 0) is 36.4 Å². The van der Waals surface area contributed by atoms with E-state index in [0.29, 0.717) is 17.1 Å². The summed E-state index contributed by atoms with van der Waals surface area (Å²) in [5.74, 6) is 4.85. The highest BCUT2D eigenvalue weighted by Gasteiger charge is 2.16. The number of benzene rings is 2. The number of amides is 1. The zero-order chi connectivity index (χ0) is 17.1. The second-order valence-corrected chi connectivity index (χ2v) is 5.13. The van der Waals surface area contributed by atoms with Crippen LogP contribution in [0.5, 0.6) is 5.75 Å². The molecule has 24 heavy (non-hydrogen) atoms. The number of carboxylic acids is 1. The molecule has 3 rings (SSSR count). The summed E-state index contributed by atoms with van der Waals surface area (Å²) in [5.41, 5.74) is 1.63. The first kappa shape index (κ1) is 15.6. The average molecular weight is 325 g/mol. The molecular weight excluding hydrogens is 310 g/mol. The van der Waals surface area contributed by atoms with Crippen LogP contribution >= 0.6 is 0 Å². The number of aromatic nitrogens is 1. The van der Waals surface area contributed by atoms with Crippen molar-refractivity contribution in [1.29, 1.82) is 0 Å². The maximum Gasteiger partial charge on any atom is 0.341 e. The quantitative estimate of drug-likeness (QED) is 0.378. The Morgan fingerprint density at radius 1 is 1.12 bits per heavy atom. The Bertz CT molecular complexity index is 889. The van der Waals surface area contributed by atoms with Crippen molar-refractivity contribution in [3.63, 3.8) is 0 Å². The van der Waals surface area contributed by atoms with Crippen LogP contribution in [-0.4, -0.2) is 28.6 Å². The lowest BCUT2D eigenvalue weighted by molar-refractivity contribution is -0.139. The van der Waals surface area contributed by atoms with E-state index in [-0.39, 0.29) is 5.91 Å². The highest BCUT2D eigenvalue weighted by Crippen LogP contribution is 2.23. The molecule has 122 valence electrons. The molecule has 0 aliphatic carbocycles. The lowest BCUT2D eigenvalue weighted by atomic mass is 10.2. The van der Waals surface area contributed by atoms with Gasteiger partial charge in [0.2, 0.25) is 0 Å². The average Bonchev–Trinajstić information content (AvgIpc) is 3.02. The largest absolute Gasteiger partial charge is 0.482 e. The van der Waals surface area contributed by atoms with Gasteiger partial charge in [0, 0.05) is 10.9 Å². The van der Waals surface area contributed by atoms with Gasteiger partial charge in [0.15, 0.2) is 6.61 Å². The summed E-state index contributed by atoms with van der Waals surface area (Å²) in [6.07, 6.45) is 0. The summed E-state index contributed by atoms with van der Waals surface area (Å²) >= 11 is 0. The zero-order valence-electron chi connectivity index (χ0n) is 12.6. The predicted molar refractivity (Wildman–Crippen MR) is 88.9 cm³/mol. The minimum Gasteiger partial charge on any atom is -0.482 e. The molecule has 4 N–H and O–H groups in total. The van der Waals surface area contributed by atoms with Crippen molar-refractivity contribution in [1.82, 2.24) is 4.98 Å². The van der Waals surface area contributed by atoms with Crippen molar-refractivity contribution in [2.45, 2.75) is 0 Å². The van der Waals surface area contributed by atoms with E-state index in [1.807, 2.05) is 6.07 Å². The van der Waals surface area contributed by atoms with E-state index in [1.165, 1.54) is 0 Å². The van der Waals surface area contributed by atoms with Gasteiger partial charge in [0.25, 0.3) is 5.91 Å². The molecule has 2 aromatic carbocycles. The number of fused-ring (bicyclic) bond motifs is 1. The van der Waals surface area contributed by atoms with Crippen LogP contribution in [0.15, 0.2) is 54.6 Å². The number of carbonyl (C=O) groups excluding carboxylic acids is 1. The van der Waals surface area contributed by atoms with Crippen LogP contribution in [-0.2, 0) is 4.79 Å². The van der Waals surface area contributed by atoms with E-state index in [1.54, 1.807) is 48.5 Å². The minimum atomic E-state index is -1.05. The number of rotatable bonds is 5. The Balaban J connectivity index is 1.84. The minimum absolute atomic E-state index is 0.326. The summed E-state index contributed by atoms with van der Waals surface area (Å²) in [5, 5.41) is 10.4. The molecule has 0 aliphatic heterocycles. The number of ether oxygens (including phenoxy) is 1. The summed E-state index contributed by atoms with van der Waals surface area (Å²) in [6.45, 7) is -0.424. The van der Waals surface area contributed by atoms with Crippen LogP contribution in [0, 0.1) is 0 Å². The number of H-pyrrole nitrogens is 1.